The number of allylic oxidation sites excluding steroid dienone is 1. The summed E-state index contributed by atoms with van der Waals surface area (Å²) < 4.78 is 0.968. The molecule has 0 fully saturated rings. The normalized spacial score (nSPS) is 22.6. The molecule has 0 aliphatic heterocycles. The molecule has 1 aromatic carbocycles. The summed E-state index contributed by atoms with van der Waals surface area (Å²) in [4.78, 5) is 0. The average molecular weight is 253 g/mol. The first-order valence-electron chi connectivity index (χ1n) is 4.91. The second-order valence-corrected chi connectivity index (χ2v) is 4.45. The fourth-order valence-electron chi connectivity index (χ4n) is 1.84. The predicted molar refractivity (Wildman–Crippen MR) is 62.1 cm³/mol. The van der Waals surface area contributed by atoms with E-state index in [-0.39, 0.29) is 6.10 Å². The highest BCUT2D eigenvalue weighted by atomic mass is 79.9. The highest BCUT2D eigenvalue weighted by molar-refractivity contribution is 9.11. The van der Waals surface area contributed by atoms with Gasteiger partial charge in [0.15, 0.2) is 0 Å². The highest BCUT2D eigenvalue weighted by Gasteiger charge is 2.19. The zero-order chi connectivity index (χ0) is 9.97. The van der Waals surface area contributed by atoms with E-state index in [9.17, 15) is 5.11 Å². The van der Waals surface area contributed by atoms with Crippen LogP contribution in [0.1, 0.15) is 24.8 Å². The Morgan fingerprint density at radius 2 is 1.93 bits per heavy atom. The zero-order valence-electron chi connectivity index (χ0n) is 7.91. The maximum atomic E-state index is 9.70. The Morgan fingerprint density at radius 1 is 1.21 bits per heavy atom. The molecule has 0 amide bonds. The maximum absolute atomic E-state index is 9.70. The molecule has 0 spiro atoms. The minimum absolute atomic E-state index is 0.307. The summed E-state index contributed by atoms with van der Waals surface area (Å²) in [5.41, 5.74) is 2.47. The van der Waals surface area contributed by atoms with Gasteiger partial charge in [-0.25, -0.2) is 0 Å². The van der Waals surface area contributed by atoms with Crippen molar-refractivity contribution in [3.8, 4) is 0 Å². The minimum Gasteiger partial charge on any atom is -0.388 e. The van der Waals surface area contributed by atoms with E-state index in [1.54, 1.807) is 0 Å². The summed E-state index contributed by atoms with van der Waals surface area (Å²) in [5, 5.41) is 9.70. The van der Waals surface area contributed by atoms with Crippen LogP contribution < -0.4 is 0 Å². The zero-order valence-corrected chi connectivity index (χ0v) is 9.50. The molecule has 1 N–H and O–H groups in total. The number of hydrogen-bond donors (Lipinski definition) is 1. The lowest BCUT2D eigenvalue weighted by Gasteiger charge is -2.21. The molecule has 1 aromatic rings. The molecule has 1 aliphatic rings. The lowest BCUT2D eigenvalue weighted by molar-refractivity contribution is 0.203. The Bertz CT molecular complexity index is 343. The van der Waals surface area contributed by atoms with Gasteiger partial charge in [-0.1, -0.05) is 46.3 Å². The Balaban J connectivity index is 2.38. The number of halogens is 1. The summed E-state index contributed by atoms with van der Waals surface area (Å²) in [6.07, 6.45) is 2.69. The lowest BCUT2D eigenvalue weighted by Crippen LogP contribution is -2.12. The van der Waals surface area contributed by atoms with E-state index >= 15 is 0 Å². The van der Waals surface area contributed by atoms with Gasteiger partial charge in [0.1, 0.15) is 0 Å². The van der Waals surface area contributed by atoms with Gasteiger partial charge >= 0.3 is 0 Å². The first kappa shape index (κ1) is 9.94. The molecule has 0 unspecified atom stereocenters. The number of benzene rings is 1. The highest BCUT2D eigenvalue weighted by Crippen LogP contribution is 2.35. The van der Waals surface area contributed by atoms with E-state index in [0.29, 0.717) is 0 Å². The van der Waals surface area contributed by atoms with Crippen molar-refractivity contribution in [1.29, 1.82) is 0 Å². The summed E-state index contributed by atoms with van der Waals surface area (Å²) >= 11 is 3.49. The minimum atomic E-state index is -0.307. The average Bonchev–Trinajstić information content (AvgIpc) is 2.23. The first-order chi connectivity index (χ1) is 6.79. The van der Waals surface area contributed by atoms with Crippen molar-refractivity contribution in [2.45, 2.75) is 25.4 Å². The molecule has 2 rings (SSSR count). The third-order valence-corrected chi connectivity index (χ3v) is 3.61. The van der Waals surface area contributed by atoms with E-state index < -0.39 is 0 Å². The van der Waals surface area contributed by atoms with E-state index in [0.717, 1.165) is 23.7 Å². The fraction of sp³-hybridized carbons (Fsp3) is 0.333. The Morgan fingerprint density at radius 3 is 2.64 bits per heavy atom. The first-order valence-corrected chi connectivity index (χ1v) is 5.70. The van der Waals surface area contributed by atoms with Crippen LogP contribution in [0.4, 0.5) is 0 Å². The second kappa shape index (κ2) is 4.28. The van der Waals surface area contributed by atoms with Crippen molar-refractivity contribution < 1.29 is 5.11 Å². The SMILES string of the molecule is O[C@@H]1CCCC(c2ccccc2)=C1Br. The van der Waals surface area contributed by atoms with E-state index in [1.807, 2.05) is 18.2 Å². The van der Waals surface area contributed by atoms with Gasteiger partial charge in [0.25, 0.3) is 0 Å². The summed E-state index contributed by atoms with van der Waals surface area (Å²) in [6, 6.07) is 10.3. The van der Waals surface area contributed by atoms with Gasteiger partial charge in [-0.2, -0.15) is 0 Å². The molecule has 0 saturated carbocycles. The van der Waals surface area contributed by atoms with Gasteiger partial charge in [0.2, 0.25) is 0 Å². The molecule has 2 heteroatoms. The van der Waals surface area contributed by atoms with Crippen molar-refractivity contribution in [3.63, 3.8) is 0 Å². The quantitative estimate of drug-likeness (QED) is 0.813. The van der Waals surface area contributed by atoms with E-state index in [1.165, 1.54) is 11.1 Å². The summed E-state index contributed by atoms with van der Waals surface area (Å²) in [7, 11) is 0. The van der Waals surface area contributed by atoms with Crippen LogP contribution in [0.2, 0.25) is 0 Å². The number of aliphatic hydroxyl groups is 1. The van der Waals surface area contributed by atoms with Gasteiger partial charge < -0.3 is 5.11 Å². The standard InChI is InChI=1S/C12H13BrO/c13-12-10(7-4-8-11(12)14)9-5-2-1-3-6-9/h1-3,5-6,11,14H,4,7-8H2/t11-/m1/s1. The summed E-state index contributed by atoms with van der Waals surface area (Å²) in [5.74, 6) is 0. The van der Waals surface area contributed by atoms with Gasteiger partial charge in [0, 0.05) is 4.48 Å². The third kappa shape index (κ3) is 1.91. The van der Waals surface area contributed by atoms with Crippen LogP contribution in [0.15, 0.2) is 34.8 Å². The van der Waals surface area contributed by atoms with Crippen molar-refractivity contribution in [2.24, 2.45) is 0 Å². The van der Waals surface area contributed by atoms with Gasteiger partial charge in [0.05, 0.1) is 6.10 Å². The van der Waals surface area contributed by atoms with Crippen molar-refractivity contribution >= 4 is 21.5 Å². The van der Waals surface area contributed by atoms with E-state index in [2.05, 4.69) is 28.1 Å². The van der Waals surface area contributed by atoms with Crippen LogP contribution >= 0.6 is 15.9 Å². The summed E-state index contributed by atoms with van der Waals surface area (Å²) in [6.45, 7) is 0. The molecule has 0 heterocycles. The molecule has 0 radical (unpaired) electrons. The number of hydrogen-bond acceptors (Lipinski definition) is 1. The Kier molecular flexibility index (Phi) is 3.04. The largest absolute Gasteiger partial charge is 0.388 e. The van der Waals surface area contributed by atoms with Crippen molar-refractivity contribution in [1.82, 2.24) is 0 Å². The monoisotopic (exact) mass is 252 g/mol. The van der Waals surface area contributed by atoms with Crippen LogP contribution in [0.5, 0.6) is 0 Å². The maximum Gasteiger partial charge on any atom is 0.0857 e. The molecular weight excluding hydrogens is 240 g/mol. The smallest absolute Gasteiger partial charge is 0.0857 e. The molecular formula is C12H13BrO. The van der Waals surface area contributed by atoms with Crippen molar-refractivity contribution in [2.75, 3.05) is 0 Å². The predicted octanol–water partition coefficient (Wildman–Crippen LogP) is 3.34. The second-order valence-electron chi connectivity index (χ2n) is 3.60. The molecule has 74 valence electrons. The van der Waals surface area contributed by atoms with Gasteiger partial charge in [-0.05, 0) is 30.4 Å². The fourth-order valence-corrected chi connectivity index (χ4v) is 2.50. The topological polar surface area (TPSA) is 20.2 Å². The van der Waals surface area contributed by atoms with Crippen molar-refractivity contribution in [3.05, 3.63) is 40.4 Å². The molecule has 0 aromatic heterocycles. The molecule has 14 heavy (non-hydrogen) atoms. The molecule has 0 bridgehead atoms. The third-order valence-electron chi connectivity index (χ3n) is 2.61. The van der Waals surface area contributed by atoms with E-state index in [4.69, 9.17) is 0 Å². The number of aliphatic hydroxyl groups excluding tert-OH is 1. The van der Waals surface area contributed by atoms with Gasteiger partial charge in [-0.15, -0.1) is 0 Å². The van der Waals surface area contributed by atoms with Gasteiger partial charge in [-0.3, -0.25) is 0 Å². The molecule has 0 saturated heterocycles. The van der Waals surface area contributed by atoms with Crippen LogP contribution in [0.25, 0.3) is 5.57 Å². The lowest BCUT2D eigenvalue weighted by atomic mass is 9.92. The molecule has 1 nitrogen and oxygen atoms in total. The van der Waals surface area contributed by atoms with Crippen LogP contribution in [-0.4, -0.2) is 11.2 Å². The van der Waals surface area contributed by atoms with Crippen LogP contribution in [0.3, 0.4) is 0 Å². The van der Waals surface area contributed by atoms with Crippen LogP contribution in [-0.2, 0) is 0 Å². The van der Waals surface area contributed by atoms with Crippen LogP contribution in [0, 0.1) is 0 Å². The Labute approximate surface area is 92.6 Å². The molecule has 1 aliphatic carbocycles. The Hall–Kier alpha value is -0.600. The number of rotatable bonds is 1. The molecule has 1 atom stereocenters.